The van der Waals surface area contributed by atoms with E-state index in [0.29, 0.717) is 19.9 Å². The third kappa shape index (κ3) is 2.42. The van der Waals surface area contributed by atoms with E-state index in [1.165, 1.54) is 11.1 Å². The van der Waals surface area contributed by atoms with Crippen molar-refractivity contribution in [3.8, 4) is 11.1 Å². The fourth-order valence-electron chi connectivity index (χ4n) is 1.51. The molecule has 0 bridgehead atoms. The standard InChI is InChI=1S/C14H16Se/c1-14(2,3)13-9-12(10-15-13)11-7-5-4-6-8-11/h4-10H,1-3H3. The van der Waals surface area contributed by atoms with E-state index < -0.39 is 0 Å². The summed E-state index contributed by atoms with van der Waals surface area (Å²) in [6.45, 7) is 6.88. The van der Waals surface area contributed by atoms with Gasteiger partial charge in [-0.05, 0) is 0 Å². The van der Waals surface area contributed by atoms with Crippen LogP contribution in [0, 0.1) is 0 Å². The molecule has 0 atom stereocenters. The molecule has 0 aliphatic carbocycles. The van der Waals surface area contributed by atoms with Gasteiger partial charge in [-0.3, -0.25) is 0 Å². The van der Waals surface area contributed by atoms with Crippen LogP contribution in [0.3, 0.4) is 0 Å². The van der Waals surface area contributed by atoms with Gasteiger partial charge >= 0.3 is 97.6 Å². The zero-order valence-corrected chi connectivity index (χ0v) is 11.2. The van der Waals surface area contributed by atoms with Crippen LogP contribution in [-0.2, 0) is 5.41 Å². The van der Waals surface area contributed by atoms with E-state index in [4.69, 9.17) is 0 Å². The Balaban J connectivity index is 2.37. The molecule has 0 aliphatic heterocycles. The maximum atomic E-state index is 2.39. The first-order chi connectivity index (χ1) is 7.07. The normalized spacial score (nSPS) is 11.7. The van der Waals surface area contributed by atoms with Crippen LogP contribution in [-0.4, -0.2) is 14.5 Å². The molecule has 2 rings (SSSR count). The van der Waals surface area contributed by atoms with E-state index in [9.17, 15) is 0 Å². The number of hydrogen-bond acceptors (Lipinski definition) is 0. The Kier molecular flexibility index (Phi) is 2.86. The van der Waals surface area contributed by atoms with Crippen LogP contribution in [0.25, 0.3) is 11.1 Å². The molecule has 0 unspecified atom stereocenters. The Bertz CT molecular complexity index is 432. The molecule has 2 aromatic rings. The molecule has 0 saturated heterocycles. The van der Waals surface area contributed by atoms with Gasteiger partial charge in [0, 0.05) is 0 Å². The molecule has 0 N–H and O–H groups in total. The van der Waals surface area contributed by atoms with Gasteiger partial charge in [0.25, 0.3) is 0 Å². The zero-order valence-electron chi connectivity index (χ0n) is 9.45. The SMILES string of the molecule is CC(C)(C)c1cc(-c2ccccc2)c[se]1. The van der Waals surface area contributed by atoms with Gasteiger partial charge in [0.1, 0.15) is 0 Å². The first-order valence-electron chi connectivity index (χ1n) is 5.22. The first-order valence-corrected chi connectivity index (χ1v) is 7.06. The van der Waals surface area contributed by atoms with Crippen molar-refractivity contribution in [1.29, 1.82) is 0 Å². The van der Waals surface area contributed by atoms with Gasteiger partial charge in [-0.1, -0.05) is 0 Å². The third-order valence-electron chi connectivity index (χ3n) is 2.45. The van der Waals surface area contributed by atoms with Crippen LogP contribution in [0.4, 0.5) is 0 Å². The molecule has 1 aromatic carbocycles. The Labute approximate surface area is 97.7 Å². The molecular weight excluding hydrogens is 247 g/mol. The Morgan fingerprint density at radius 3 is 2.13 bits per heavy atom. The number of benzene rings is 1. The van der Waals surface area contributed by atoms with E-state index in [1.54, 1.807) is 4.44 Å². The van der Waals surface area contributed by atoms with Gasteiger partial charge in [-0.25, -0.2) is 0 Å². The minimum absolute atomic E-state index is 0.326. The van der Waals surface area contributed by atoms with Crippen molar-refractivity contribution in [1.82, 2.24) is 0 Å². The molecule has 0 aliphatic rings. The zero-order chi connectivity index (χ0) is 10.9. The quantitative estimate of drug-likeness (QED) is 0.688. The van der Waals surface area contributed by atoms with Crippen molar-refractivity contribution >= 4 is 14.5 Å². The summed E-state index contributed by atoms with van der Waals surface area (Å²) in [6.07, 6.45) is 0. The molecule has 15 heavy (non-hydrogen) atoms. The summed E-state index contributed by atoms with van der Waals surface area (Å²) in [4.78, 5) is 2.39. The molecule has 1 aromatic heterocycles. The van der Waals surface area contributed by atoms with Crippen molar-refractivity contribution in [3.05, 3.63) is 45.8 Å². The molecule has 1 heteroatoms. The van der Waals surface area contributed by atoms with Crippen LogP contribution in [0.2, 0.25) is 0 Å². The van der Waals surface area contributed by atoms with Crippen LogP contribution < -0.4 is 0 Å². The summed E-state index contributed by atoms with van der Waals surface area (Å²) < 4.78 is 1.59. The van der Waals surface area contributed by atoms with Gasteiger partial charge in [-0.15, -0.1) is 0 Å². The van der Waals surface area contributed by atoms with Crippen LogP contribution in [0.1, 0.15) is 25.2 Å². The molecule has 0 amide bonds. The summed E-state index contributed by atoms with van der Waals surface area (Å²) in [7, 11) is 0. The number of hydrogen-bond donors (Lipinski definition) is 0. The average molecular weight is 263 g/mol. The minimum atomic E-state index is 0.326. The van der Waals surface area contributed by atoms with E-state index >= 15 is 0 Å². The second-order valence-electron chi connectivity index (χ2n) is 4.82. The summed E-state index contributed by atoms with van der Waals surface area (Å²) in [5.41, 5.74) is 3.08. The van der Waals surface area contributed by atoms with Crippen LogP contribution in [0.5, 0.6) is 0 Å². The van der Waals surface area contributed by atoms with Crippen molar-refractivity contribution in [2.24, 2.45) is 0 Å². The van der Waals surface area contributed by atoms with Crippen molar-refractivity contribution in [3.63, 3.8) is 0 Å². The summed E-state index contributed by atoms with van der Waals surface area (Å²) in [5, 5.41) is 0. The third-order valence-corrected chi connectivity index (χ3v) is 5.29. The molecule has 0 spiro atoms. The Morgan fingerprint density at radius 1 is 0.933 bits per heavy atom. The maximum absolute atomic E-state index is 2.39. The van der Waals surface area contributed by atoms with E-state index in [0.717, 1.165) is 0 Å². The van der Waals surface area contributed by atoms with Gasteiger partial charge in [-0.2, -0.15) is 0 Å². The predicted molar refractivity (Wildman–Crippen MR) is 67.5 cm³/mol. The average Bonchev–Trinajstić information content (AvgIpc) is 2.67. The molecule has 78 valence electrons. The van der Waals surface area contributed by atoms with Gasteiger partial charge in [0.15, 0.2) is 0 Å². The molecule has 0 radical (unpaired) electrons. The predicted octanol–water partition coefficient (Wildman–Crippen LogP) is 3.71. The van der Waals surface area contributed by atoms with Crippen LogP contribution in [0.15, 0.2) is 41.3 Å². The monoisotopic (exact) mass is 264 g/mol. The fourth-order valence-corrected chi connectivity index (χ4v) is 3.62. The second-order valence-corrected chi connectivity index (χ2v) is 6.73. The van der Waals surface area contributed by atoms with Crippen molar-refractivity contribution in [2.45, 2.75) is 26.2 Å². The molecule has 1 heterocycles. The first kappa shape index (κ1) is 10.7. The fraction of sp³-hybridized carbons (Fsp3) is 0.286. The van der Waals surface area contributed by atoms with E-state index in [1.807, 2.05) is 0 Å². The molecule has 0 saturated carbocycles. The molecule has 0 fully saturated rings. The molecular formula is C14H16Se. The topological polar surface area (TPSA) is 0 Å². The van der Waals surface area contributed by atoms with E-state index in [2.05, 4.69) is 62.1 Å². The summed E-state index contributed by atoms with van der Waals surface area (Å²) in [6, 6.07) is 13.0. The summed E-state index contributed by atoms with van der Waals surface area (Å²) in [5.74, 6) is 0. The van der Waals surface area contributed by atoms with Gasteiger partial charge in [0.05, 0.1) is 0 Å². The van der Waals surface area contributed by atoms with Crippen molar-refractivity contribution < 1.29 is 0 Å². The second kappa shape index (κ2) is 4.00. The van der Waals surface area contributed by atoms with Crippen molar-refractivity contribution in [2.75, 3.05) is 0 Å². The summed E-state index contributed by atoms with van der Waals surface area (Å²) >= 11 is 0.545. The van der Waals surface area contributed by atoms with E-state index in [-0.39, 0.29) is 0 Å². The Morgan fingerprint density at radius 2 is 1.60 bits per heavy atom. The number of rotatable bonds is 1. The van der Waals surface area contributed by atoms with Gasteiger partial charge < -0.3 is 0 Å². The van der Waals surface area contributed by atoms with Gasteiger partial charge in [0.2, 0.25) is 0 Å². The molecule has 0 nitrogen and oxygen atoms in total. The van der Waals surface area contributed by atoms with Crippen LogP contribution >= 0.6 is 0 Å². The Hall–Kier alpha value is -0.781.